The zero-order valence-electron chi connectivity index (χ0n) is 6.76. The minimum atomic E-state index is 0.462. The van der Waals surface area contributed by atoms with E-state index in [4.69, 9.17) is 11.6 Å². The van der Waals surface area contributed by atoms with Crippen LogP contribution in [-0.4, -0.2) is 12.6 Å². The van der Waals surface area contributed by atoms with Crippen molar-refractivity contribution in [3.05, 3.63) is 33.3 Å². The van der Waals surface area contributed by atoms with E-state index in [1.54, 1.807) is 0 Å². The third-order valence-corrected chi connectivity index (χ3v) is 2.55. The number of rotatable bonds is 3. The number of nitrogens with zero attached hydrogens (tertiary/aromatic N) is 1. The van der Waals surface area contributed by atoms with Crippen molar-refractivity contribution in [3.8, 4) is 0 Å². The molecule has 1 aromatic carbocycles. The first kappa shape index (κ1) is 10.5. The topological polar surface area (TPSA) is 29.4 Å². The van der Waals surface area contributed by atoms with Gasteiger partial charge in [-0.1, -0.05) is 33.6 Å². The second kappa shape index (κ2) is 5.18. The normalized spacial score (nSPS) is 9.38. The Morgan fingerprint density at radius 3 is 2.92 bits per heavy atom. The highest BCUT2D eigenvalue weighted by molar-refractivity contribution is 9.10. The predicted octanol–water partition coefficient (Wildman–Crippen LogP) is 2.98. The fraction of sp³-hybridized carbons (Fsp3) is 0.222. The van der Waals surface area contributed by atoms with Crippen molar-refractivity contribution in [1.82, 2.24) is 0 Å². The molecule has 0 aliphatic rings. The number of halogens is 2. The first-order valence-electron chi connectivity index (χ1n) is 3.71. The highest BCUT2D eigenvalue weighted by atomic mass is 79.9. The van der Waals surface area contributed by atoms with Crippen molar-refractivity contribution >= 4 is 33.6 Å². The highest BCUT2D eigenvalue weighted by Crippen LogP contribution is 2.21. The van der Waals surface area contributed by atoms with Gasteiger partial charge < -0.3 is 0 Å². The van der Waals surface area contributed by atoms with E-state index < -0.39 is 0 Å². The molecular formula is C9H7BrClNO. The Kier molecular flexibility index (Phi) is 4.16. The average molecular weight is 261 g/mol. The largest absolute Gasteiger partial charge is 0.234 e. The summed E-state index contributed by atoms with van der Waals surface area (Å²) in [5.74, 6) is 0. The summed E-state index contributed by atoms with van der Waals surface area (Å²) in [5, 5.41) is 0.689. The minimum Gasteiger partial charge on any atom is -0.211 e. The molecule has 1 aromatic rings. The van der Waals surface area contributed by atoms with Crippen LogP contribution in [-0.2, 0) is 11.2 Å². The van der Waals surface area contributed by atoms with Crippen LogP contribution in [0.4, 0.5) is 0 Å². The maximum absolute atomic E-state index is 9.81. The molecule has 0 radical (unpaired) electrons. The molecule has 0 atom stereocenters. The number of aliphatic imine (C=N–C) groups is 1. The zero-order chi connectivity index (χ0) is 9.68. The first-order valence-corrected chi connectivity index (χ1v) is 4.88. The monoisotopic (exact) mass is 259 g/mol. The molecule has 0 heterocycles. The van der Waals surface area contributed by atoms with Crippen LogP contribution in [0.5, 0.6) is 0 Å². The minimum absolute atomic E-state index is 0.462. The maximum Gasteiger partial charge on any atom is 0.234 e. The van der Waals surface area contributed by atoms with E-state index in [1.807, 2.05) is 18.2 Å². The van der Waals surface area contributed by atoms with Crippen molar-refractivity contribution in [2.45, 2.75) is 6.42 Å². The van der Waals surface area contributed by atoms with Crippen LogP contribution in [0.25, 0.3) is 0 Å². The van der Waals surface area contributed by atoms with Crippen molar-refractivity contribution in [3.63, 3.8) is 0 Å². The van der Waals surface area contributed by atoms with E-state index in [2.05, 4.69) is 20.9 Å². The van der Waals surface area contributed by atoms with Gasteiger partial charge in [0.15, 0.2) is 0 Å². The molecule has 0 aliphatic carbocycles. The van der Waals surface area contributed by atoms with Gasteiger partial charge in [0.2, 0.25) is 6.08 Å². The van der Waals surface area contributed by atoms with Crippen LogP contribution in [0.2, 0.25) is 5.02 Å². The molecular weight excluding hydrogens is 253 g/mol. The van der Waals surface area contributed by atoms with E-state index in [0.29, 0.717) is 18.0 Å². The van der Waals surface area contributed by atoms with Crippen molar-refractivity contribution in [2.24, 2.45) is 4.99 Å². The molecule has 1 rings (SSSR count). The van der Waals surface area contributed by atoms with Gasteiger partial charge in [-0.25, -0.2) is 9.79 Å². The van der Waals surface area contributed by atoms with Gasteiger partial charge in [-0.2, -0.15) is 0 Å². The maximum atomic E-state index is 9.81. The molecule has 0 saturated heterocycles. The molecule has 0 unspecified atom stereocenters. The molecule has 0 N–H and O–H groups in total. The summed E-state index contributed by atoms with van der Waals surface area (Å²) in [7, 11) is 0. The zero-order valence-corrected chi connectivity index (χ0v) is 9.10. The van der Waals surface area contributed by atoms with Crippen LogP contribution < -0.4 is 0 Å². The van der Waals surface area contributed by atoms with Crippen LogP contribution in [0.3, 0.4) is 0 Å². The smallest absolute Gasteiger partial charge is 0.211 e. The molecule has 4 heteroatoms. The van der Waals surface area contributed by atoms with E-state index in [9.17, 15) is 4.79 Å². The molecule has 0 aliphatic heterocycles. The Hall–Kier alpha value is -0.630. The van der Waals surface area contributed by atoms with Crippen LogP contribution in [0.15, 0.2) is 27.7 Å². The summed E-state index contributed by atoms with van der Waals surface area (Å²) in [6, 6.07) is 5.54. The van der Waals surface area contributed by atoms with Gasteiger partial charge >= 0.3 is 0 Å². The number of hydrogen-bond donors (Lipinski definition) is 0. The fourth-order valence-electron chi connectivity index (χ4n) is 0.946. The van der Waals surface area contributed by atoms with Gasteiger partial charge in [0.1, 0.15) is 0 Å². The Bertz CT molecular complexity index is 347. The molecule has 13 heavy (non-hydrogen) atoms. The molecule has 0 bridgehead atoms. The summed E-state index contributed by atoms with van der Waals surface area (Å²) in [5.41, 5.74) is 1.09. The summed E-state index contributed by atoms with van der Waals surface area (Å²) in [4.78, 5) is 13.3. The Labute approximate surface area is 89.8 Å². The van der Waals surface area contributed by atoms with Gasteiger partial charge in [0.25, 0.3) is 0 Å². The summed E-state index contributed by atoms with van der Waals surface area (Å²) < 4.78 is 0.945. The van der Waals surface area contributed by atoms with E-state index >= 15 is 0 Å². The number of carbonyl (C=O) groups excluding carboxylic acids is 1. The SMILES string of the molecule is O=C=NCCc1ccc(Cl)cc1Br. The third kappa shape index (κ3) is 3.31. The lowest BCUT2D eigenvalue weighted by molar-refractivity contribution is 0.563. The number of benzene rings is 1. The number of hydrogen-bond acceptors (Lipinski definition) is 2. The molecule has 0 spiro atoms. The van der Waals surface area contributed by atoms with Gasteiger partial charge in [0, 0.05) is 9.50 Å². The second-order valence-corrected chi connectivity index (χ2v) is 3.75. The molecule has 0 saturated carbocycles. The Morgan fingerprint density at radius 1 is 1.54 bits per heavy atom. The van der Waals surface area contributed by atoms with E-state index in [-0.39, 0.29) is 0 Å². The lowest BCUT2D eigenvalue weighted by Crippen LogP contribution is -1.90. The van der Waals surface area contributed by atoms with Gasteiger partial charge in [-0.15, -0.1) is 0 Å². The van der Waals surface area contributed by atoms with Crippen molar-refractivity contribution in [1.29, 1.82) is 0 Å². The highest BCUT2D eigenvalue weighted by Gasteiger charge is 1.99. The van der Waals surface area contributed by atoms with Crippen molar-refractivity contribution in [2.75, 3.05) is 6.54 Å². The van der Waals surface area contributed by atoms with E-state index in [1.165, 1.54) is 6.08 Å². The quantitative estimate of drug-likeness (QED) is 0.607. The van der Waals surface area contributed by atoms with Gasteiger partial charge in [-0.05, 0) is 24.1 Å². The predicted molar refractivity (Wildman–Crippen MR) is 55.8 cm³/mol. The van der Waals surface area contributed by atoms with Gasteiger partial charge in [0.05, 0.1) is 6.54 Å². The average Bonchev–Trinajstić information content (AvgIpc) is 2.09. The standard InChI is InChI=1S/C9H7BrClNO/c10-9-5-8(11)2-1-7(9)3-4-12-6-13/h1-2,5H,3-4H2. The van der Waals surface area contributed by atoms with Crippen LogP contribution >= 0.6 is 27.5 Å². The molecule has 0 amide bonds. The molecule has 0 aromatic heterocycles. The lowest BCUT2D eigenvalue weighted by Gasteiger charge is -2.01. The number of isocyanates is 1. The second-order valence-electron chi connectivity index (χ2n) is 2.46. The summed E-state index contributed by atoms with van der Waals surface area (Å²) in [6.45, 7) is 0.462. The Balaban J connectivity index is 2.71. The van der Waals surface area contributed by atoms with Crippen LogP contribution in [0, 0.1) is 0 Å². The summed E-state index contributed by atoms with van der Waals surface area (Å²) in [6.07, 6.45) is 2.22. The molecule has 0 fully saturated rings. The molecule has 68 valence electrons. The third-order valence-electron chi connectivity index (χ3n) is 1.57. The van der Waals surface area contributed by atoms with E-state index in [0.717, 1.165) is 10.0 Å². The fourth-order valence-corrected chi connectivity index (χ4v) is 1.83. The van der Waals surface area contributed by atoms with Crippen molar-refractivity contribution < 1.29 is 4.79 Å². The first-order chi connectivity index (χ1) is 6.24. The summed E-state index contributed by atoms with van der Waals surface area (Å²) >= 11 is 9.14. The lowest BCUT2D eigenvalue weighted by atomic mass is 10.1. The van der Waals surface area contributed by atoms with Gasteiger partial charge in [-0.3, -0.25) is 0 Å². The molecule has 2 nitrogen and oxygen atoms in total. The van der Waals surface area contributed by atoms with Crippen LogP contribution in [0.1, 0.15) is 5.56 Å². The Morgan fingerprint density at radius 2 is 2.31 bits per heavy atom.